The van der Waals surface area contributed by atoms with Gasteiger partial charge in [0.1, 0.15) is 0 Å². The molecule has 2 aliphatic rings. The van der Waals surface area contributed by atoms with Gasteiger partial charge in [-0.1, -0.05) is 0 Å². The van der Waals surface area contributed by atoms with Crippen LogP contribution < -0.4 is 0 Å². The average molecular weight is 245 g/mol. The van der Waals surface area contributed by atoms with Crippen LogP contribution in [0.4, 0.5) is 0 Å². The molecule has 100 valence electrons. The van der Waals surface area contributed by atoms with Gasteiger partial charge in [-0.2, -0.15) is 0 Å². The lowest BCUT2D eigenvalue weighted by molar-refractivity contribution is -0.0911. The van der Waals surface area contributed by atoms with Gasteiger partial charge in [0, 0.05) is 25.1 Å². The third-order valence-corrected chi connectivity index (χ3v) is 3.84. The Balaban J connectivity index is 1.96. The second kappa shape index (κ2) is 6.11. The lowest BCUT2D eigenvalue weighted by atomic mass is 9.82. The highest BCUT2D eigenvalue weighted by Gasteiger charge is 2.36. The fourth-order valence-corrected chi connectivity index (χ4v) is 2.71. The lowest BCUT2D eigenvalue weighted by Crippen LogP contribution is -2.54. The second-order valence-electron chi connectivity index (χ2n) is 5.20. The summed E-state index contributed by atoms with van der Waals surface area (Å²) in [6, 6.07) is 0.0640. The number of nitrogens with zero attached hydrogens (tertiary/aromatic N) is 1. The number of aliphatic hydroxyl groups excluding tert-OH is 2. The molecule has 0 amide bonds. The summed E-state index contributed by atoms with van der Waals surface area (Å²) in [5.41, 5.74) is -0.150. The molecule has 0 aromatic rings. The number of aliphatic hydroxyl groups is 2. The van der Waals surface area contributed by atoms with Crippen LogP contribution in [0.3, 0.4) is 0 Å². The zero-order valence-electron chi connectivity index (χ0n) is 10.3. The zero-order valence-corrected chi connectivity index (χ0v) is 10.3. The first kappa shape index (κ1) is 13.2. The van der Waals surface area contributed by atoms with Gasteiger partial charge >= 0.3 is 0 Å². The van der Waals surface area contributed by atoms with Crippen molar-refractivity contribution in [2.45, 2.75) is 18.9 Å². The van der Waals surface area contributed by atoms with Gasteiger partial charge in [-0.15, -0.1) is 0 Å². The molecule has 5 nitrogen and oxygen atoms in total. The van der Waals surface area contributed by atoms with Crippen LogP contribution in [-0.4, -0.2) is 73.9 Å². The molecule has 2 unspecified atom stereocenters. The first-order valence-corrected chi connectivity index (χ1v) is 6.41. The summed E-state index contributed by atoms with van der Waals surface area (Å²) in [5.74, 6) is 0. The van der Waals surface area contributed by atoms with E-state index < -0.39 is 0 Å². The van der Waals surface area contributed by atoms with Crippen LogP contribution >= 0.6 is 0 Å². The fraction of sp³-hybridized carbons (Fsp3) is 1.00. The van der Waals surface area contributed by atoms with Crippen LogP contribution in [0.1, 0.15) is 12.8 Å². The van der Waals surface area contributed by atoms with Crippen molar-refractivity contribution in [3.8, 4) is 0 Å². The third-order valence-electron chi connectivity index (χ3n) is 3.84. The van der Waals surface area contributed by atoms with E-state index >= 15 is 0 Å². The number of ether oxygens (including phenoxy) is 2. The number of rotatable bonds is 4. The SMILES string of the molecule is OCC1COCCN1CC1(CO)CCCOC1. The molecule has 2 atom stereocenters. The van der Waals surface area contributed by atoms with Crippen LogP contribution in [0.15, 0.2) is 0 Å². The summed E-state index contributed by atoms with van der Waals surface area (Å²) in [5, 5.41) is 19.0. The summed E-state index contributed by atoms with van der Waals surface area (Å²) < 4.78 is 10.9. The Morgan fingerprint density at radius 2 is 2.12 bits per heavy atom. The summed E-state index contributed by atoms with van der Waals surface area (Å²) in [6.45, 7) is 4.60. The molecule has 0 aliphatic carbocycles. The Morgan fingerprint density at radius 3 is 2.76 bits per heavy atom. The first-order valence-electron chi connectivity index (χ1n) is 6.41. The Hall–Kier alpha value is -0.200. The van der Waals surface area contributed by atoms with Gasteiger partial charge < -0.3 is 19.7 Å². The van der Waals surface area contributed by atoms with E-state index in [2.05, 4.69) is 4.90 Å². The highest BCUT2D eigenvalue weighted by atomic mass is 16.5. The van der Waals surface area contributed by atoms with Crippen molar-refractivity contribution in [2.24, 2.45) is 5.41 Å². The van der Waals surface area contributed by atoms with Crippen LogP contribution in [0.5, 0.6) is 0 Å². The molecule has 0 aromatic carbocycles. The average Bonchev–Trinajstić information content (AvgIpc) is 2.40. The molecule has 0 spiro atoms. The van der Waals surface area contributed by atoms with E-state index in [4.69, 9.17) is 9.47 Å². The molecule has 2 saturated heterocycles. The Bertz CT molecular complexity index is 231. The minimum absolute atomic E-state index is 0.0640. The van der Waals surface area contributed by atoms with Crippen molar-refractivity contribution < 1.29 is 19.7 Å². The van der Waals surface area contributed by atoms with Crippen LogP contribution in [0.2, 0.25) is 0 Å². The van der Waals surface area contributed by atoms with Gasteiger partial charge in [-0.25, -0.2) is 0 Å². The first-order chi connectivity index (χ1) is 8.29. The van der Waals surface area contributed by atoms with E-state index in [1.54, 1.807) is 0 Å². The topological polar surface area (TPSA) is 62.2 Å². The molecule has 0 bridgehead atoms. The molecule has 0 saturated carbocycles. The van der Waals surface area contributed by atoms with Crippen LogP contribution in [-0.2, 0) is 9.47 Å². The van der Waals surface area contributed by atoms with Gasteiger partial charge in [0.15, 0.2) is 0 Å². The Labute approximate surface area is 102 Å². The molecule has 5 heteroatoms. The minimum Gasteiger partial charge on any atom is -0.396 e. The van der Waals surface area contributed by atoms with E-state index in [1.165, 1.54) is 0 Å². The van der Waals surface area contributed by atoms with Gasteiger partial charge in [0.05, 0.1) is 39.1 Å². The summed E-state index contributed by atoms with van der Waals surface area (Å²) in [7, 11) is 0. The molecule has 17 heavy (non-hydrogen) atoms. The quantitative estimate of drug-likeness (QED) is 0.697. The summed E-state index contributed by atoms with van der Waals surface area (Å²) >= 11 is 0. The van der Waals surface area contributed by atoms with Crippen LogP contribution in [0, 0.1) is 5.41 Å². The molecule has 0 aromatic heterocycles. The monoisotopic (exact) mass is 245 g/mol. The predicted molar refractivity (Wildman–Crippen MR) is 62.8 cm³/mol. The third kappa shape index (κ3) is 3.17. The molecule has 2 rings (SSSR count). The lowest BCUT2D eigenvalue weighted by Gasteiger charge is -2.43. The summed E-state index contributed by atoms with van der Waals surface area (Å²) in [4.78, 5) is 2.23. The zero-order chi connectivity index (χ0) is 12.1. The van der Waals surface area contributed by atoms with Crippen molar-refractivity contribution in [3.05, 3.63) is 0 Å². The van der Waals surface area contributed by atoms with Crippen molar-refractivity contribution in [2.75, 3.05) is 52.7 Å². The van der Waals surface area contributed by atoms with E-state index in [0.717, 1.165) is 32.5 Å². The van der Waals surface area contributed by atoms with E-state index in [1.807, 2.05) is 0 Å². The van der Waals surface area contributed by atoms with E-state index in [0.29, 0.717) is 19.8 Å². The van der Waals surface area contributed by atoms with E-state index in [-0.39, 0.29) is 24.7 Å². The predicted octanol–water partition coefficient (Wildman–Crippen LogP) is -0.531. The molecule has 2 aliphatic heterocycles. The Kier molecular flexibility index (Phi) is 4.76. The fourth-order valence-electron chi connectivity index (χ4n) is 2.71. The normalized spacial score (nSPS) is 36.0. The van der Waals surface area contributed by atoms with Gasteiger partial charge in [-0.3, -0.25) is 4.90 Å². The van der Waals surface area contributed by atoms with Crippen molar-refractivity contribution in [1.82, 2.24) is 4.90 Å². The van der Waals surface area contributed by atoms with Crippen molar-refractivity contribution in [1.29, 1.82) is 0 Å². The van der Waals surface area contributed by atoms with Crippen LogP contribution in [0.25, 0.3) is 0 Å². The molecule has 2 heterocycles. The smallest absolute Gasteiger partial charge is 0.0644 e. The second-order valence-corrected chi connectivity index (χ2v) is 5.20. The van der Waals surface area contributed by atoms with Gasteiger partial charge in [0.25, 0.3) is 0 Å². The molecule has 2 N–H and O–H groups in total. The maximum absolute atomic E-state index is 9.63. The largest absolute Gasteiger partial charge is 0.396 e. The number of morpholine rings is 1. The minimum atomic E-state index is -0.150. The molecular weight excluding hydrogens is 222 g/mol. The highest BCUT2D eigenvalue weighted by molar-refractivity contribution is 4.87. The van der Waals surface area contributed by atoms with Crippen molar-refractivity contribution >= 4 is 0 Å². The maximum atomic E-state index is 9.63. The van der Waals surface area contributed by atoms with Crippen molar-refractivity contribution in [3.63, 3.8) is 0 Å². The Morgan fingerprint density at radius 1 is 1.24 bits per heavy atom. The van der Waals surface area contributed by atoms with Gasteiger partial charge in [-0.05, 0) is 12.8 Å². The van der Waals surface area contributed by atoms with Gasteiger partial charge in [0.2, 0.25) is 0 Å². The molecular formula is C12H23NO4. The number of hydrogen-bond donors (Lipinski definition) is 2. The van der Waals surface area contributed by atoms with E-state index in [9.17, 15) is 10.2 Å². The highest BCUT2D eigenvalue weighted by Crippen LogP contribution is 2.30. The molecule has 2 fully saturated rings. The number of hydrogen-bond acceptors (Lipinski definition) is 5. The summed E-state index contributed by atoms with van der Waals surface area (Å²) in [6.07, 6.45) is 2.01. The molecule has 0 radical (unpaired) electrons. The maximum Gasteiger partial charge on any atom is 0.0644 e. The standard InChI is InChI=1S/C12H23NO4/c14-6-11-7-16-5-3-13(11)8-12(9-15)2-1-4-17-10-12/h11,14-15H,1-10H2.